The van der Waals surface area contributed by atoms with Crippen LogP contribution in [0.4, 0.5) is 0 Å². The predicted molar refractivity (Wildman–Crippen MR) is 65.6 cm³/mol. The minimum atomic E-state index is -1.18. The van der Waals surface area contributed by atoms with Gasteiger partial charge in [0.2, 0.25) is 0 Å². The number of hydrogen-bond donors (Lipinski definition) is 0. The van der Waals surface area contributed by atoms with Crippen LogP contribution in [0.2, 0.25) is 0 Å². The van der Waals surface area contributed by atoms with Crippen LogP contribution in [0.5, 0.6) is 0 Å². The summed E-state index contributed by atoms with van der Waals surface area (Å²) in [5, 5.41) is 0. The van der Waals surface area contributed by atoms with Gasteiger partial charge >= 0.3 is 0 Å². The number of aldehydes is 1. The van der Waals surface area contributed by atoms with E-state index in [9.17, 15) is 9.00 Å². The fourth-order valence-corrected chi connectivity index (χ4v) is 3.52. The minimum Gasteiger partial charge on any atom is -0.297 e. The minimum absolute atomic E-state index is 0.607. The SMILES string of the molecule is Cc1ccc(S(=O)c2ccc(C=O)s2)cc1. The van der Waals surface area contributed by atoms with E-state index >= 15 is 0 Å². The first-order chi connectivity index (χ1) is 7.70. The maximum atomic E-state index is 12.1. The molecule has 0 spiro atoms. The molecule has 0 N–H and O–H groups in total. The quantitative estimate of drug-likeness (QED) is 0.785. The van der Waals surface area contributed by atoms with Gasteiger partial charge in [-0.05, 0) is 31.2 Å². The summed E-state index contributed by atoms with van der Waals surface area (Å²) in [5.41, 5.74) is 1.14. The van der Waals surface area contributed by atoms with Crippen molar-refractivity contribution in [1.82, 2.24) is 0 Å². The van der Waals surface area contributed by atoms with Crippen molar-refractivity contribution in [3.63, 3.8) is 0 Å². The second-order valence-corrected chi connectivity index (χ2v) is 6.18. The molecule has 1 aromatic heterocycles. The number of benzene rings is 1. The Kier molecular flexibility index (Phi) is 3.31. The molecular formula is C12H10O2S2. The molecule has 2 rings (SSSR count). The van der Waals surface area contributed by atoms with Crippen LogP contribution in [0.15, 0.2) is 45.5 Å². The average molecular weight is 250 g/mol. The van der Waals surface area contributed by atoms with E-state index in [1.165, 1.54) is 11.3 Å². The van der Waals surface area contributed by atoms with E-state index in [-0.39, 0.29) is 0 Å². The zero-order valence-electron chi connectivity index (χ0n) is 8.67. The van der Waals surface area contributed by atoms with E-state index in [0.717, 1.165) is 16.7 Å². The van der Waals surface area contributed by atoms with Crippen molar-refractivity contribution in [3.05, 3.63) is 46.8 Å². The van der Waals surface area contributed by atoms with Gasteiger partial charge in [-0.3, -0.25) is 4.79 Å². The van der Waals surface area contributed by atoms with Gasteiger partial charge in [0.05, 0.1) is 19.9 Å². The molecule has 16 heavy (non-hydrogen) atoms. The normalized spacial score (nSPS) is 12.3. The average Bonchev–Trinajstić information content (AvgIpc) is 2.77. The van der Waals surface area contributed by atoms with Crippen LogP contribution in [-0.4, -0.2) is 10.5 Å². The highest BCUT2D eigenvalue weighted by molar-refractivity contribution is 7.87. The molecule has 4 heteroatoms. The predicted octanol–water partition coefficient (Wildman–Crippen LogP) is 3.04. The molecule has 1 atom stereocenters. The second kappa shape index (κ2) is 4.72. The van der Waals surface area contributed by atoms with Crippen molar-refractivity contribution in [2.24, 2.45) is 0 Å². The topological polar surface area (TPSA) is 34.1 Å². The first-order valence-electron chi connectivity index (χ1n) is 4.74. The fraction of sp³-hybridized carbons (Fsp3) is 0.0833. The highest BCUT2D eigenvalue weighted by Crippen LogP contribution is 2.23. The van der Waals surface area contributed by atoms with Crippen LogP contribution >= 0.6 is 11.3 Å². The van der Waals surface area contributed by atoms with E-state index in [0.29, 0.717) is 9.09 Å². The van der Waals surface area contributed by atoms with Crippen LogP contribution < -0.4 is 0 Å². The number of aryl methyl sites for hydroxylation is 1. The summed E-state index contributed by atoms with van der Waals surface area (Å²) in [6, 6.07) is 11.0. The van der Waals surface area contributed by atoms with Crippen LogP contribution in [0.1, 0.15) is 15.2 Å². The van der Waals surface area contributed by atoms with Gasteiger partial charge < -0.3 is 0 Å². The Hall–Kier alpha value is -1.26. The fourth-order valence-electron chi connectivity index (χ4n) is 1.28. The van der Waals surface area contributed by atoms with Gasteiger partial charge in [-0.2, -0.15) is 0 Å². The molecule has 0 aliphatic rings. The van der Waals surface area contributed by atoms with Crippen molar-refractivity contribution in [3.8, 4) is 0 Å². The third-order valence-corrected chi connectivity index (χ3v) is 4.85. The molecule has 0 saturated carbocycles. The molecule has 1 unspecified atom stereocenters. The monoisotopic (exact) mass is 250 g/mol. The maximum Gasteiger partial charge on any atom is 0.160 e. The van der Waals surface area contributed by atoms with Gasteiger partial charge in [0.15, 0.2) is 6.29 Å². The highest BCUT2D eigenvalue weighted by Gasteiger charge is 2.09. The third kappa shape index (κ3) is 2.28. The van der Waals surface area contributed by atoms with Crippen LogP contribution in [-0.2, 0) is 10.8 Å². The molecule has 0 bridgehead atoms. The zero-order valence-corrected chi connectivity index (χ0v) is 10.3. The zero-order chi connectivity index (χ0) is 11.5. The Labute approximate surface area is 100 Å². The highest BCUT2D eigenvalue weighted by atomic mass is 32.2. The van der Waals surface area contributed by atoms with Crippen molar-refractivity contribution >= 4 is 28.4 Å². The van der Waals surface area contributed by atoms with E-state index in [4.69, 9.17) is 0 Å². The first kappa shape index (κ1) is 11.2. The second-order valence-electron chi connectivity index (χ2n) is 3.36. The molecule has 2 nitrogen and oxygen atoms in total. The first-order valence-corrected chi connectivity index (χ1v) is 6.71. The molecule has 82 valence electrons. The smallest absolute Gasteiger partial charge is 0.160 e. The number of thiophene rings is 1. The lowest BCUT2D eigenvalue weighted by Gasteiger charge is -1.99. The molecule has 0 saturated heterocycles. The van der Waals surface area contributed by atoms with Crippen molar-refractivity contribution in [2.45, 2.75) is 16.0 Å². The molecule has 0 aliphatic heterocycles. The summed E-state index contributed by atoms with van der Waals surface area (Å²) in [4.78, 5) is 11.9. The number of hydrogen-bond acceptors (Lipinski definition) is 3. The molecule has 0 fully saturated rings. The number of carbonyl (C=O) groups excluding carboxylic acids is 1. The summed E-state index contributed by atoms with van der Waals surface area (Å²) < 4.78 is 12.8. The van der Waals surface area contributed by atoms with Gasteiger partial charge in [-0.1, -0.05) is 17.7 Å². The lowest BCUT2D eigenvalue weighted by molar-refractivity contribution is 0.112. The van der Waals surface area contributed by atoms with Crippen molar-refractivity contribution in [1.29, 1.82) is 0 Å². The lowest BCUT2D eigenvalue weighted by atomic mass is 10.2. The number of rotatable bonds is 3. The molecule has 2 aromatic rings. The maximum absolute atomic E-state index is 12.1. The van der Waals surface area contributed by atoms with Crippen molar-refractivity contribution in [2.75, 3.05) is 0 Å². The van der Waals surface area contributed by atoms with Crippen LogP contribution in [0.25, 0.3) is 0 Å². The summed E-state index contributed by atoms with van der Waals surface area (Å²) in [6.45, 7) is 1.99. The third-order valence-electron chi connectivity index (χ3n) is 2.14. The lowest BCUT2D eigenvalue weighted by Crippen LogP contribution is -1.89. The largest absolute Gasteiger partial charge is 0.297 e. The van der Waals surface area contributed by atoms with E-state index in [1.807, 2.05) is 31.2 Å². The Bertz CT molecular complexity index is 526. The van der Waals surface area contributed by atoms with Crippen molar-refractivity contribution < 1.29 is 9.00 Å². The van der Waals surface area contributed by atoms with Crippen LogP contribution in [0.3, 0.4) is 0 Å². The summed E-state index contributed by atoms with van der Waals surface area (Å²) in [5.74, 6) is 0. The number of carbonyl (C=O) groups is 1. The molecule has 0 radical (unpaired) electrons. The Morgan fingerprint density at radius 3 is 2.38 bits per heavy atom. The van der Waals surface area contributed by atoms with Gasteiger partial charge in [-0.15, -0.1) is 11.3 Å². The van der Waals surface area contributed by atoms with E-state index in [1.54, 1.807) is 12.1 Å². The van der Waals surface area contributed by atoms with Gasteiger partial charge in [0.1, 0.15) is 0 Å². The van der Waals surface area contributed by atoms with E-state index in [2.05, 4.69) is 0 Å². The van der Waals surface area contributed by atoms with Gasteiger partial charge in [0.25, 0.3) is 0 Å². The molecule has 0 amide bonds. The Morgan fingerprint density at radius 1 is 1.12 bits per heavy atom. The summed E-state index contributed by atoms with van der Waals surface area (Å²) in [7, 11) is -1.18. The Morgan fingerprint density at radius 2 is 1.81 bits per heavy atom. The van der Waals surface area contributed by atoms with Gasteiger partial charge in [-0.25, -0.2) is 4.21 Å². The molecular weight excluding hydrogens is 240 g/mol. The van der Waals surface area contributed by atoms with E-state index < -0.39 is 10.8 Å². The molecule has 1 aromatic carbocycles. The van der Waals surface area contributed by atoms with Gasteiger partial charge in [0, 0.05) is 4.90 Å². The molecule has 1 heterocycles. The van der Waals surface area contributed by atoms with Crippen LogP contribution in [0, 0.1) is 6.92 Å². The Balaban J connectivity index is 2.31. The summed E-state index contributed by atoms with van der Waals surface area (Å²) in [6.07, 6.45) is 0.778. The standard InChI is InChI=1S/C12H10O2S2/c1-9-2-5-11(6-3-9)16(14)12-7-4-10(8-13)15-12/h2-8H,1H3. The molecule has 0 aliphatic carbocycles. The summed E-state index contributed by atoms with van der Waals surface area (Å²) >= 11 is 1.27.